The van der Waals surface area contributed by atoms with Crippen molar-refractivity contribution in [2.24, 2.45) is 0 Å². The molecule has 1 aliphatic heterocycles. The smallest absolute Gasteiger partial charge is 0.258 e. The summed E-state index contributed by atoms with van der Waals surface area (Å²) in [5.74, 6) is -0.692. The van der Waals surface area contributed by atoms with E-state index in [0.29, 0.717) is 37.3 Å². The molecule has 0 N–H and O–H groups in total. The van der Waals surface area contributed by atoms with Gasteiger partial charge in [-0.2, -0.15) is 4.31 Å². The number of hydrogen-bond acceptors (Lipinski definition) is 3. The number of sulfonamides is 1. The van der Waals surface area contributed by atoms with Crippen LogP contribution in [0.4, 0.5) is 10.1 Å². The van der Waals surface area contributed by atoms with Crippen LogP contribution in [0.25, 0.3) is 0 Å². The summed E-state index contributed by atoms with van der Waals surface area (Å²) in [7, 11) is -3.55. The molecule has 0 saturated carbocycles. The molecule has 1 aliphatic rings. The molecule has 0 aromatic heterocycles. The van der Waals surface area contributed by atoms with Crippen molar-refractivity contribution < 1.29 is 17.6 Å². The minimum atomic E-state index is -3.55. The van der Waals surface area contributed by atoms with Crippen LogP contribution in [0.3, 0.4) is 0 Å². The van der Waals surface area contributed by atoms with Crippen LogP contribution in [0.5, 0.6) is 0 Å². The monoisotopic (exact) mass is 404 g/mol. The van der Waals surface area contributed by atoms with Crippen molar-refractivity contribution in [1.82, 2.24) is 4.31 Å². The molecule has 0 unspecified atom stereocenters. The molecule has 0 spiro atoms. The topological polar surface area (TPSA) is 57.7 Å². The Balaban J connectivity index is 1.97. The normalized spacial score (nSPS) is 14.2. The lowest BCUT2D eigenvalue weighted by Gasteiger charge is -2.30. The number of fused-ring (bicyclic) bond motifs is 1. The Morgan fingerprint density at radius 1 is 1.14 bits per heavy atom. The molecule has 150 valence electrons. The highest BCUT2D eigenvalue weighted by atomic mass is 32.2. The summed E-state index contributed by atoms with van der Waals surface area (Å²) in [5.41, 5.74) is 2.29. The van der Waals surface area contributed by atoms with E-state index in [1.54, 1.807) is 56.0 Å². The first-order chi connectivity index (χ1) is 13.3. The van der Waals surface area contributed by atoms with Gasteiger partial charge >= 0.3 is 0 Å². The highest BCUT2D eigenvalue weighted by molar-refractivity contribution is 7.89. The summed E-state index contributed by atoms with van der Waals surface area (Å²) in [6.07, 6.45) is 1.42. The lowest BCUT2D eigenvalue weighted by atomic mass is 10.0. The zero-order valence-corrected chi connectivity index (χ0v) is 17.2. The van der Waals surface area contributed by atoms with Gasteiger partial charge in [-0.15, -0.1) is 0 Å². The van der Waals surface area contributed by atoms with Crippen LogP contribution in [0.1, 0.15) is 41.8 Å². The van der Waals surface area contributed by atoms with Gasteiger partial charge in [0.1, 0.15) is 5.82 Å². The zero-order valence-electron chi connectivity index (χ0n) is 16.4. The van der Waals surface area contributed by atoms with Crippen molar-refractivity contribution in [3.63, 3.8) is 0 Å². The molecule has 1 heterocycles. The lowest BCUT2D eigenvalue weighted by molar-refractivity contribution is 0.0984. The minimum absolute atomic E-state index is 0.241. The molecule has 2 aromatic rings. The van der Waals surface area contributed by atoms with E-state index in [4.69, 9.17) is 0 Å². The van der Waals surface area contributed by atoms with Gasteiger partial charge in [-0.25, -0.2) is 12.8 Å². The fourth-order valence-corrected chi connectivity index (χ4v) is 5.05. The Hall–Kier alpha value is -2.25. The van der Waals surface area contributed by atoms with Gasteiger partial charge in [0.2, 0.25) is 10.0 Å². The number of halogens is 1. The van der Waals surface area contributed by atoms with Gasteiger partial charge < -0.3 is 4.90 Å². The second-order valence-corrected chi connectivity index (χ2v) is 8.84. The number of hydrogen-bond donors (Lipinski definition) is 0. The molecule has 1 amide bonds. The van der Waals surface area contributed by atoms with Gasteiger partial charge in [-0.05, 0) is 61.2 Å². The van der Waals surface area contributed by atoms with Crippen molar-refractivity contribution in [2.75, 3.05) is 24.5 Å². The Kier molecular flexibility index (Phi) is 5.86. The first-order valence-electron chi connectivity index (χ1n) is 9.50. The summed E-state index contributed by atoms with van der Waals surface area (Å²) >= 11 is 0. The fourth-order valence-electron chi connectivity index (χ4n) is 3.54. The van der Waals surface area contributed by atoms with E-state index in [2.05, 4.69) is 0 Å². The van der Waals surface area contributed by atoms with Gasteiger partial charge in [0.15, 0.2) is 0 Å². The third-order valence-electron chi connectivity index (χ3n) is 5.18. The van der Waals surface area contributed by atoms with E-state index in [1.165, 1.54) is 10.4 Å². The molecular formula is C21H25FN2O3S. The number of carbonyl (C=O) groups is 1. The Morgan fingerprint density at radius 3 is 2.50 bits per heavy atom. The first-order valence-corrected chi connectivity index (χ1v) is 10.9. The molecule has 5 nitrogen and oxygen atoms in total. The Morgan fingerprint density at radius 2 is 1.86 bits per heavy atom. The second kappa shape index (κ2) is 8.01. The van der Waals surface area contributed by atoms with Crippen LogP contribution in [0, 0.1) is 12.7 Å². The molecule has 0 atom stereocenters. The highest BCUT2D eigenvalue weighted by Crippen LogP contribution is 2.31. The SMILES string of the molecule is CCN(CC)S(=O)(=O)c1ccc2c(c1)CCCN2C(=O)c1ccc(C)c(F)c1. The van der Waals surface area contributed by atoms with Gasteiger partial charge in [0.25, 0.3) is 5.91 Å². The van der Waals surface area contributed by atoms with Crippen LogP contribution < -0.4 is 4.90 Å². The Labute approximate surface area is 165 Å². The summed E-state index contributed by atoms with van der Waals surface area (Å²) in [6, 6.07) is 9.37. The van der Waals surface area contributed by atoms with E-state index in [-0.39, 0.29) is 16.4 Å². The van der Waals surface area contributed by atoms with E-state index >= 15 is 0 Å². The van der Waals surface area contributed by atoms with E-state index in [0.717, 1.165) is 12.0 Å². The van der Waals surface area contributed by atoms with Crippen molar-refractivity contribution in [3.05, 3.63) is 58.9 Å². The summed E-state index contributed by atoms with van der Waals surface area (Å²) in [5, 5.41) is 0. The predicted octanol–water partition coefficient (Wildman–Crippen LogP) is 3.76. The minimum Gasteiger partial charge on any atom is -0.308 e. The molecule has 0 fully saturated rings. The van der Waals surface area contributed by atoms with Gasteiger partial charge in [-0.3, -0.25) is 4.79 Å². The highest BCUT2D eigenvalue weighted by Gasteiger charge is 2.27. The predicted molar refractivity (Wildman–Crippen MR) is 108 cm³/mol. The molecule has 0 saturated heterocycles. The largest absolute Gasteiger partial charge is 0.308 e. The maximum Gasteiger partial charge on any atom is 0.258 e. The van der Waals surface area contributed by atoms with Crippen molar-refractivity contribution >= 4 is 21.6 Å². The number of benzene rings is 2. The average molecular weight is 405 g/mol. The van der Waals surface area contributed by atoms with E-state index < -0.39 is 15.8 Å². The number of aryl methyl sites for hydroxylation is 2. The molecule has 0 bridgehead atoms. The summed E-state index contributed by atoms with van der Waals surface area (Å²) in [6.45, 7) is 6.58. The molecular weight excluding hydrogens is 379 g/mol. The first kappa shape index (κ1) is 20.5. The van der Waals surface area contributed by atoms with Crippen molar-refractivity contribution in [3.8, 4) is 0 Å². The maximum atomic E-state index is 13.9. The van der Waals surface area contributed by atoms with Crippen molar-refractivity contribution in [1.29, 1.82) is 0 Å². The van der Waals surface area contributed by atoms with Crippen LogP contribution in [-0.2, 0) is 16.4 Å². The van der Waals surface area contributed by atoms with E-state index in [1.807, 2.05) is 0 Å². The average Bonchev–Trinajstić information content (AvgIpc) is 2.69. The van der Waals surface area contributed by atoms with Crippen LogP contribution >= 0.6 is 0 Å². The number of amides is 1. The van der Waals surface area contributed by atoms with Gasteiger partial charge in [0, 0.05) is 30.9 Å². The van der Waals surface area contributed by atoms with Gasteiger partial charge in [-0.1, -0.05) is 19.9 Å². The maximum absolute atomic E-state index is 13.9. The zero-order chi connectivity index (χ0) is 20.5. The van der Waals surface area contributed by atoms with Crippen LogP contribution in [0.2, 0.25) is 0 Å². The summed E-state index contributed by atoms with van der Waals surface area (Å²) < 4.78 is 40.9. The standard InChI is InChI=1S/C21H25FN2O3S/c1-4-23(5-2)28(26,27)18-10-11-20-16(13-18)7-6-12-24(20)21(25)17-9-8-15(3)19(22)14-17/h8-11,13-14H,4-7,12H2,1-3H3. The molecule has 3 rings (SSSR count). The van der Waals surface area contributed by atoms with Crippen molar-refractivity contribution in [2.45, 2.75) is 38.5 Å². The molecule has 28 heavy (non-hydrogen) atoms. The fraction of sp³-hybridized carbons (Fsp3) is 0.381. The third-order valence-corrected chi connectivity index (χ3v) is 7.22. The number of carbonyl (C=O) groups excluding carboxylic acids is 1. The third kappa shape index (κ3) is 3.69. The lowest BCUT2D eigenvalue weighted by Crippen LogP contribution is -2.36. The Bertz CT molecular complexity index is 1000. The number of rotatable bonds is 5. The summed E-state index contributed by atoms with van der Waals surface area (Å²) in [4.78, 5) is 14.8. The molecule has 0 aliphatic carbocycles. The number of nitrogens with zero attached hydrogens (tertiary/aromatic N) is 2. The van der Waals surface area contributed by atoms with E-state index in [9.17, 15) is 17.6 Å². The van der Waals surface area contributed by atoms with Crippen LogP contribution in [0.15, 0.2) is 41.3 Å². The van der Waals surface area contributed by atoms with Crippen LogP contribution in [-0.4, -0.2) is 38.3 Å². The molecule has 0 radical (unpaired) electrons. The quantitative estimate of drug-likeness (QED) is 0.762. The molecule has 7 heteroatoms. The number of anilines is 1. The van der Waals surface area contributed by atoms with Gasteiger partial charge in [0.05, 0.1) is 4.90 Å². The second-order valence-electron chi connectivity index (χ2n) is 6.90. The molecule has 2 aromatic carbocycles.